The van der Waals surface area contributed by atoms with E-state index >= 15 is 0 Å². The fraction of sp³-hybridized carbons (Fsp3) is 0.0667. The zero-order valence-electron chi connectivity index (χ0n) is 12.2. The summed E-state index contributed by atoms with van der Waals surface area (Å²) in [6, 6.07) is 10.2. The first-order valence-corrected chi connectivity index (χ1v) is 8.33. The van der Waals surface area contributed by atoms with Gasteiger partial charge in [-0.2, -0.15) is 4.98 Å². The summed E-state index contributed by atoms with van der Waals surface area (Å²) >= 11 is 0. The molecular weight excluding hydrogens is 338 g/mol. The molecule has 0 radical (unpaired) electrons. The highest BCUT2D eigenvalue weighted by Crippen LogP contribution is 2.14. The van der Waals surface area contributed by atoms with E-state index in [9.17, 15) is 17.2 Å². The quantitative estimate of drug-likeness (QED) is 0.767. The zero-order chi connectivity index (χ0) is 17.2. The van der Waals surface area contributed by atoms with Gasteiger partial charge in [0.1, 0.15) is 18.0 Å². The summed E-state index contributed by atoms with van der Waals surface area (Å²) in [4.78, 5) is 3.77. The van der Waals surface area contributed by atoms with Crippen LogP contribution in [0.25, 0.3) is 0 Å². The van der Waals surface area contributed by atoms with Crippen molar-refractivity contribution in [3.8, 4) is 0 Å². The monoisotopic (exact) mass is 350 g/mol. The van der Waals surface area contributed by atoms with E-state index in [0.717, 1.165) is 29.8 Å². The van der Waals surface area contributed by atoms with Crippen molar-refractivity contribution in [3.05, 3.63) is 72.1 Å². The van der Waals surface area contributed by atoms with Crippen LogP contribution < -0.4 is 4.72 Å². The van der Waals surface area contributed by atoms with Gasteiger partial charge in [-0.1, -0.05) is 12.1 Å². The Bertz CT molecular complexity index is 938. The van der Waals surface area contributed by atoms with Crippen LogP contribution in [0.5, 0.6) is 0 Å². The number of halogens is 2. The van der Waals surface area contributed by atoms with Crippen molar-refractivity contribution in [2.45, 2.75) is 11.4 Å². The van der Waals surface area contributed by atoms with Crippen molar-refractivity contribution in [3.63, 3.8) is 0 Å². The number of hydrogen-bond donors (Lipinski definition) is 1. The predicted octanol–water partition coefficient (Wildman–Crippen LogP) is 2.41. The molecule has 3 rings (SSSR count). The highest BCUT2D eigenvalue weighted by atomic mass is 32.2. The molecule has 1 aromatic heterocycles. The summed E-state index contributed by atoms with van der Waals surface area (Å²) in [7, 11) is -3.90. The SMILES string of the molecule is O=S(=O)(Nc1ncn(Cc2ccc(F)cc2)n1)c1ccc(F)cc1. The van der Waals surface area contributed by atoms with E-state index in [-0.39, 0.29) is 16.7 Å². The van der Waals surface area contributed by atoms with Crippen LogP contribution in [0.15, 0.2) is 59.8 Å². The maximum absolute atomic E-state index is 12.9. The van der Waals surface area contributed by atoms with Crippen molar-refractivity contribution >= 4 is 16.0 Å². The Morgan fingerprint density at radius 1 is 0.958 bits per heavy atom. The predicted molar refractivity (Wildman–Crippen MR) is 82.7 cm³/mol. The maximum Gasteiger partial charge on any atom is 0.264 e. The average molecular weight is 350 g/mol. The summed E-state index contributed by atoms with van der Waals surface area (Å²) in [5.41, 5.74) is 0.786. The molecule has 6 nitrogen and oxygen atoms in total. The number of nitrogens with one attached hydrogen (secondary N) is 1. The van der Waals surface area contributed by atoms with Crippen molar-refractivity contribution in [2.24, 2.45) is 0 Å². The van der Waals surface area contributed by atoms with E-state index in [4.69, 9.17) is 0 Å². The molecule has 0 fully saturated rings. The van der Waals surface area contributed by atoms with Gasteiger partial charge in [0, 0.05) is 0 Å². The molecule has 9 heteroatoms. The molecule has 3 aromatic rings. The second-order valence-corrected chi connectivity index (χ2v) is 6.63. The van der Waals surface area contributed by atoms with Crippen LogP contribution in [-0.2, 0) is 16.6 Å². The highest BCUT2D eigenvalue weighted by Gasteiger charge is 2.16. The minimum absolute atomic E-state index is 0.0983. The third-order valence-corrected chi connectivity index (χ3v) is 4.49. The van der Waals surface area contributed by atoms with Crippen LogP contribution in [0.2, 0.25) is 0 Å². The Kier molecular flexibility index (Phi) is 4.26. The molecule has 0 atom stereocenters. The van der Waals surface area contributed by atoms with Gasteiger partial charge in [-0.05, 0) is 42.0 Å². The van der Waals surface area contributed by atoms with Gasteiger partial charge in [0.05, 0.1) is 11.4 Å². The minimum Gasteiger partial charge on any atom is -0.246 e. The normalized spacial score (nSPS) is 11.4. The third-order valence-electron chi connectivity index (χ3n) is 3.14. The maximum atomic E-state index is 12.9. The molecule has 0 unspecified atom stereocenters. The van der Waals surface area contributed by atoms with Crippen LogP contribution in [0.1, 0.15) is 5.56 Å². The molecule has 0 aliphatic rings. The van der Waals surface area contributed by atoms with E-state index in [2.05, 4.69) is 14.8 Å². The molecule has 1 heterocycles. The van der Waals surface area contributed by atoms with Gasteiger partial charge in [-0.3, -0.25) is 0 Å². The third kappa shape index (κ3) is 3.74. The summed E-state index contributed by atoms with van der Waals surface area (Å²) in [5, 5.41) is 4.00. The Hall–Kier alpha value is -2.81. The molecule has 124 valence electrons. The molecule has 0 aliphatic carbocycles. The fourth-order valence-electron chi connectivity index (χ4n) is 1.99. The second-order valence-electron chi connectivity index (χ2n) is 4.95. The molecular formula is C15H12F2N4O2S. The zero-order valence-corrected chi connectivity index (χ0v) is 13.0. The molecule has 1 N–H and O–H groups in total. The highest BCUT2D eigenvalue weighted by molar-refractivity contribution is 7.92. The van der Waals surface area contributed by atoms with Crippen LogP contribution >= 0.6 is 0 Å². The number of sulfonamides is 1. The number of benzene rings is 2. The topological polar surface area (TPSA) is 76.9 Å². The van der Waals surface area contributed by atoms with Gasteiger partial charge in [0.2, 0.25) is 0 Å². The fourth-order valence-corrected chi connectivity index (χ4v) is 2.93. The Balaban J connectivity index is 1.73. The van der Waals surface area contributed by atoms with Gasteiger partial charge in [-0.25, -0.2) is 26.6 Å². The standard InChI is InChI=1S/C15H12F2N4O2S/c16-12-3-1-11(2-4-12)9-21-10-18-15(19-21)20-24(22,23)14-7-5-13(17)6-8-14/h1-8,10H,9H2,(H,19,20). The van der Waals surface area contributed by atoms with Crippen molar-refractivity contribution in [1.29, 1.82) is 0 Å². The lowest BCUT2D eigenvalue weighted by atomic mass is 10.2. The van der Waals surface area contributed by atoms with Crippen LogP contribution in [-0.4, -0.2) is 23.2 Å². The number of rotatable bonds is 5. The first-order chi connectivity index (χ1) is 11.4. The van der Waals surface area contributed by atoms with Crippen LogP contribution in [0.4, 0.5) is 14.7 Å². The van der Waals surface area contributed by atoms with E-state index in [0.29, 0.717) is 6.54 Å². The largest absolute Gasteiger partial charge is 0.264 e. The Morgan fingerprint density at radius 2 is 1.54 bits per heavy atom. The molecule has 0 saturated carbocycles. The summed E-state index contributed by atoms with van der Waals surface area (Å²) < 4.78 is 53.7. The van der Waals surface area contributed by atoms with Crippen LogP contribution in [0, 0.1) is 11.6 Å². The molecule has 0 bridgehead atoms. The number of aromatic nitrogens is 3. The van der Waals surface area contributed by atoms with Crippen molar-refractivity contribution < 1.29 is 17.2 Å². The van der Waals surface area contributed by atoms with Gasteiger partial charge in [0.25, 0.3) is 16.0 Å². The lowest BCUT2D eigenvalue weighted by Crippen LogP contribution is -2.14. The summed E-state index contributed by atoms with van der Waals surface area (Å²) in [6.45, 7) is 0.311. The van der Waals surface area contributed by atoms with Crippen molar-refractivity contribution in [2.75, 3.05) is 4.72 Å². The van der Waals surface area contributed by atoms with Gasteiger partial charge in [0.15, 0.2) is 0 Å². The Morgan fingerprint density at radius 3 is 2.17 bits per heavy atom. The summed E-state index contributed by atoms with van der Waals surface area (Å²) in [6.07, 6.45) is 1.35. The average Bonchev–Trinajstić information content (AvgIpc) is 2.96. The molecule has 0 aliphatic heterocycles. The van der Waals surface area contributed by atoms with E-state index < -0.39 is 15.8 Å². The first-order valence-electron chi connectivity index (χ1n) is 6.85. The molecule has 0 spiro atoms. The molecule has 0 saturated heterocycles. The van der Waals surface area contributed by atoms with Crippen LogP contribution in [0.3, 0.4) is 0 Å². The lowest BCUT2D eigenvalue weighted by Gasteiger charge is -2.04. The number of hydrogen-bond acceptors (Lipinski definition) is 4. The lowest BCUT2D eigenvalue weighted by molar-refractivity contribution is 0.599. The second kappa shape index (κ2) is 6.36. The van der Waals surface area contributed by atoms with E-state index in [1.807, 2.05) is 0 Å². The summed E-state index contributed by atoms with van der Waals surface area (Å²) in [5.74, 6) is -0.984. The van der Waals surface area contributed by atoms with E-state index in [1.165, 1.54) is 23.1 Å². The molecule has 0 amide bonds. The number of nitrogens with zero attached hydrogens (tertiary/aromatic N) is 3. The van der Waals surface area contributed by atoms with Gasteiger partial charge in [-0.15, -0.1) is 5.10 Å². The number of anilines is 1. The molecule has 2 aromatic carbocycles. The van der Waals surface area contributed by atoms with E-state index in [1.54, 1.807) is 12.1 Å². The van der Waals surface area contributed by atoms with Crippen molar-refractivity contribution in [1.82, 2.24) is 14.8 Å². The molecule has 24 heavy (non-hydrogen) atoms. The smallest absolute Gasteiger partial charge is 0.246 e. The van der Waals surface area contributed by atoms with Gasteiger partial charge >= 0.3 is 0 Å². The van der Waals surface area contributed by atoms with Gasteiger partial charge < -0.3 is 0 Å². The first kappa shape index (κ1) is 16.1. The Labute approximate surface area is 136 Å². The minimum atomic E-state index is -3.90.